The van der Waals surface area contributed by atoms with E-state index in [9.17, 15) is 0 Å². The molecule has 3 heteroatoms. The molecule has 2 unspecified atom stereocenters. The lowest BCUT2D eigenvalue weighted by molar-refractivity contribution is 0.134. The van der Waals surface area contributed by atoms with Crippen molar-refractivity contribution in [3.05, 3.63) is 102 Å². The Bertz CT molecular complexity index is 1230. The Morgan fingerprint density at radius 2 is 1.51 bits per heavy atom. The number of nitrogens with zero attached hydrogens (tertiary/aromatic N) is 2. The van der Waals surface area contributed by atoms with E-state index in [1.165, 1.54) is 79.2 Å². The summed E-state index contributed by atoms with van der Waals surface area (Å²) in [5.41, 5.74) is 8.51. The molecular formula is C38H51N3. The minimum Gasteiger partial charge on any atom is -0.311 e. The Morgan fingerprint density at radius 1 is 0.902 bits per heavy atom. The van der Waals surface area contributed by atoms with Crippen molar-refractivity contribution in [2.45, 2.75) is 103 Å². The summed E-state index contributed by atoms with van der Waals surface area (Å²) in [5.74, 6) is 1.00. The Labute approximate surface area is 249 Å². The molecular weight excluding hydrogens is 498 g/mol. The van der Waals surface area contributed by atoms with Crippen molar-refractivity contribution in [3.8, 4) is 0 Å². The number of piperidine rings is 1. The molecule has 2 aromatic carbocycles. The molecule has 2 saturated heterocycles. The number of nitrogens with one attached hydrogen (secondary N) is 1. The number of fused-ring (bicyclic) bond motifs is 2. The van der Waals surface area contributed by atoms with E-state index in [1.54, 1.807) is 6.20 Å². The van der Waals surface area contributed by atoms with Gasteiger partial charge in [-0.1, -0.05) is 80.3 Å². The molecule has 3 nitrogen and oxygen atoms in total. The van der Waals surface area contributed by atoms with Crippen molar-refractivity contribution >= 4 is 11.3 Å². The van der Waals surface area contributed by atoms with E-state index in [0.29, 0.717) is 23.9 Å². The van der Waals surface area contributed by atoms with E-state index < -0.39 is 0 Å². The highest BCUT2D eigenvalue weighted by atomic mass is 15.2. The summed E-state index contributed by atoms with van der Waals surface area (Å²) < 4.78 is 0. The van der Waals surface area contributed by atoms with Gasteiger partial charge in [-0.15, -0.1) is 0 Å². The molecule has 218 valence electrons. The summed E-state index contributed by atoms with van der Waals surface area (Å²) >= 11 is 0. The summed E-state index contributed by atoms with van der Waals surface area (Å²) in [6.07, 6.45) is 13.2. The predicted molar refractivity (Wildman–Crippen MR) is 176 cm³/mol. The molecule has 2 aromatic rings. The van der Waals surface area contributed by atoms with Crippen molar-refractivity contribution in [2.75, 3.05) is 7.05 Å². The van der Waals surface area contributed by atoms with Crippen molar-refractivity contribution in [3.63, 3.8) is 0 Å². The van der Waals surface area contributed by atoms with Gasteiger partial charge in [0, 0.05) is 41.9 Å². The molecule has 1 saturated carbocycles. The third-order valence-electron chi connectivity index (χ3n) is 10.3. The van der Waals surface area contributed by atoms with Gasteiger partial charge in [-0.25, -0.2) is 0 Å². The lowest BCUT2D eigenvalue weighted by atomic mass is 9.74. The molecule has 1 N–H and O–H groups in total. The van der Waals surface area contributed by atoms with Crippen LogP contribution in [0.5, 0.6) is 0 Å². The van der Waals surface area contributed by atoms with Gasteiger partial charge in [-0.05, 0) is 107 Å². The third-order valence-corrected chi connectivity index (χ3v) is 10.3. The van der Waals surface area contributed by atoms with Crippen LogP contribution in [0.1, 0.15) is 88.8 Å². The SMILES string of the molecule is C=CN=C(C(C(=C)c1ccc(Cc2ccccc2)cc1)=C(C)C)[C@H](C)C1CCC(NC2CC3CCC(C2)N3C)CC1. The fourth-order valence-electron chi connectivity index (χ4n) is 7.91. The van der Waals surface area contributed by atoms with Gasteiger partial charge in [0.05, 0.1) is 5.71 Å². The van der Waals surface area contributed by atoms with Crippen LogP contribution >= 0.6 is 0 Å². The van der Waals surface area contributed by atoms with Crippen LogP contribution in [0.4, 0.5) is 0 Å². The van der Waals surface area contributed by atoms with Crippen molar-refractivity contribution in [2.24, 2.45) is 16.8 Å². The highest BCUT2D eigenvalue weighted by Gasteiger charge is 2.39. The third kappa shape index (κ3) is 7.01. The number of hydrogen-bond acceptors (Lipinski definition) is 3. The zero-order chi connectivity index (χ0) is 28.9. The maximum atomic E-state index is 4.93. The number of rotatable bonds is 10. The second-order valence-corrected chi connectivity index (χ2v) is 13.2. The zero-order valence-corrected chi connectivity index (χ0v) is 25.9. The summed E-state index contributed by atoms with van der Waals surface area (Å²) in [5, 5.41) is 4.10. The number of allylic oxidation sites excluding steroid dienone is 3. The average Bonchev–Trinajstić information content (AvgIpc) is 3.17. The van der Waals surface area contributed by atoms with Gasteiger partial charge in [0.15, 0.2) is 0 Å². The van der Waals surface area contributed by atoms with Crippen LogP contribution in [0.3, 0.4) is 0 Å². The smallest absolute Gasteiger partial charge is 0.0511 e. The number of hydrogen-bond donors (Lipinski definition) is 1. The topological polar surface area (TPSA) is 27.6 Å². The molecule has 2 bridgehead atoms. The molecule has 0 spiro atoms. The molecule has 3 aliphatic rings. The molecule has 2 heterocycles. The lowest BCUT2D eigenvalue weighted by Gasteiger charge is -2.40. The Kier molecular flexibility index (Phi) is 9.78. The van der Waals surface area contributed by atoms with Gasteiger partial charge in [-0.2, -0.15) is 0 Å². The summed E-state index contributed by atoms with van der Waals surface area (Å²) in [4.78, 5) is 7.57. The first-order valence-electron chi connectivity index (χ1n) is 16.0. The van der Waals surface area contributed by atoms with Crippen LogP contribution in [0.15, 0.2) is 90.1 Å². The second kappa shape index (κ2) is 13.5. The fourth-order valence-corrected chi connectivity index (χ4v) is 7.91. The maximum absolute atomic E-state index is 4.93. The van der Waals surface area contributed by atoms with Gasteiger partial charge in [0.1, 0.15) is 0 Å². The highest BCUT2D eigenvalue weighted by Crippen LogP contribution is 2.38. The summed E-state index contributed by atoms with van der Waals surface area (Å²) in [6, 6.07) is 22.6. The summed E-state index contributed by atoms with van der Waals surface area (Å²) in [7, 11) is 2.34. The lowest BCUT2D eigenvalue weighted by Crippen LogP contribution is -2.50. The van der Waals surface area contributed by atoms with Gasteiger partial charge in [-0.3, -0.25) is 4.99 Å². The molecule has 3 atom stereocenters. The molecule has 5 rings (SSSR count). The monoisotopic (exact) mass is 549 g/mol. The summed E-state index contributed by atoms with van der Waals surface area (Å²) in [6.45, 7) is 15.4. The van der Waals surface area contributed by atoms with Crippen LogP contribution in [0.25, 0.3) is 5.57 Å². The van der Waals surface area contributed by atoms with Gasteiger partial charge >= 0.3 is 0 Å². The van der Waals surface area contributed by atoms with Crippen LogP contribution in [-0.2, 0) is 6.42 Å². The predicted octanol–water partition coefficient (Wildman–Crippen LogP) is 8.62. The van der Waals surface area contributed by atoms with E-state index in [1.807, 2.05) is 0 Å². The molecule has 41 heavy (non-hydrogen) atoms. The second-order valence-electron chi connectivity index (χ2n) is 13.2. The fraction of sp³-hybridized carbons (Fsp3) is 0.500. The first-order valence-corrected chi connectivity index (χ1v) is 16.0. The average molecular weight is 550 g/mol. The van der Waals surface area contributed by atoms with E-state index in [4.69, 9.17) is 4.99 Å². The van der Waals surface area contributed by atoms with Gasteiger partial charge < -0.3 is 10.2 Å². The molecule has 1 aliphatic carbocycles. The van der Waals surface area contributed by atoms with Crippen molar-refractivity contribution in [1.82, 2.24) is 10.2 Å². The molecule has 2 aliphatic heterocycles. The number of benzene rings is 2. The normalized spacial score (nSPS) is 27.3. The standard InChI is InChI=1S/C38H51N3/c1-7-39-38(28(5)32-17-19-33(20-18-32)40-34-24-35-21-22-36(25-34)41(35)6)37(26(2)3)27(4)31-15-13-30(14-16-31)23-29-11-9-8-10-12-29/h7-16,28,32-36,40H,1,4,17-25H2,2-3,5-6H3/t28-,32?,33?,34?,35?,36?/m1/s1. The zero-order valence-electron chi connectivity index (χ0n) is 25.9. The minimum atomic E-state index is 0.368. The molecule has 0 amide bonds. The van der Waals surface area contributed by atoms with Gasteiger partial charge in [0.25, 0.3) is 0 Å². The van der Waals surface area contributed by atoms with E-state index in [2.05, 4.69) is 106 Å². The molecule has 3 fully saturated rings. The van der Waals surface area contributed by atoms with E-state index in [-0.39, 0.29) is 0 Å². The highest BCUT2D eigenvalue weighted by molar-refractivity contribution is 6.14. The number of aliphatic imine (C=N–C) groups is 1. The van der Waals surface area contributed by atoms with E-state index in [0.717, 1.165) is 29.8 Å². The van der Waals surface area contributed by atoms with Crippen molar-refractivity contribution in [1.29, 1.82) is 0 Å². The van der Waals surface area contributed by atoms with Crippen LogP contribution in [0, 0.1) is 11.8 Å². The largest absolute Gasteiger partial charge is 0.311 e. The van der Waals surface area contributed by atoms with Crippen LogP contribution in [0.2, 0.25) is 0 Å². The molecule has 0 aromatic heterocycles. The van der Waals surface area contributed by atoms with Crippen molar-refractivity contribution < 1.29 is 0 Å². The van der Waals surface area contributed by atoms with Crippen LogP contribution in [-0.4, -0.2) is 41.8 Å². The quantitative estimate of drug-likeness (QED) is 0.237. The first-order chi connectivity index (χ1) is 19.8. The minimum absolute atomic E-state index is 0.368. The Hall–Kier alpha value is -2.75. The first kappa shape index (κ1) is 29.7. The Balaban J connectivity index is 1.22. The Morgan fingerprint density at radius 3 is 2.10 bits per heavy atom. The molecule has 0 radical (unpaired) electrons. The van der Waals surface area contributed by atoms with Crippen LogP contribution < -0.4 is 5.32 Å². The maximum Gasteiger partial charge on any atom is 0.0511 e. The van der Waals surface area contributed by atoms with E-state index >= 15 is 0 Å². The van der Waals surface area contributed by atoms with Gasteiger partial charge in [0.2, 0.25) is 0 Å².